The first-order valence-electron chi connectivity index (χ1n) is 26.8. The summed E-state index contributed by atoms with van der Waals surface area (Å²) in [6.45, 7) is 27.0. The van der Waals surface area contributed by atoms with Gasteiger partial charge in [-0.15, -0.1) is 0 Å². The summed E-state index contributed by atoms with van der Waals surface area (Å²) in [6, 6.07) is 44.0. The molecule has 0 saturated heterocycles. The molecule has 0 aliphatic heterocycles. The van der Waals surface area contributed by atoms with Crippen LogP contribution in [0.3, 0.4) is 0 Å². The second-order valence-corrected chi connectivity index (χ2v) is 22.0. The molecule has 0 bridgehead atoms. The molecular formula is C70H77N. The van der Waals surface area contributed by atoms with Gasteiger partial charge in [0.05, 0.1) is 5.52 Å². The van der Waals surface area contributed by atoms with Crippen molar-refractivity contribution in [3.05, 3.63) is 219 Å². The van der Waals surface area contributed by atoms with Crippen LogP contribution < -0.4 is 0 Å². The van der Waals surface area contributed by atoms with E-state index in [2.05, 4.69) is 238 Å². The third kappa shape index (κ3) is 9.46. The Labute approximate surface area is 427 Å². The fourth-order valence-electron chi connectivity index (χ4n) is 12.1. The van der Waals surface area contributed by atoms with Crippen molar-refractivity contribution in [2.75, 3.05) is 0 Å². The molecule has 0 radical (unpaired) electrons. The van der Waals surface area contributed by atoms with Gasteiger partial charge in [0, 0.05) is 33.7 Å². The molecule has 0 N–H and O–H groups in total. The largest absolute Gasteiger partial charge is 0.313 e. The molecule has 0 saturated carbocycles. The van der Waals surface area contributed by atoms with E-state index in [0.29, 0.717) is 11.8 Å². The average molecular weight is 932 g/mol. The van der Waals surface area contributed by atoms with E-state index in [9.17, 15) is 0 Å². The molecule has 4 aliphatic carbocycles. The van der Waals surface area contributed by atoms with Gasteiger partial charge in [-0.2, -0.15) is 0 Å². The van der Waals surface area contributed by atoms with Gasteiger partial charge in [-0.25, -0.2) is 0 Å². The zero-order chi connectivity index (χ0) is 50.2. The Hall–Kier alpha value is -6.44. The summed E-state index contributed by atoms with van der Waals surface area (Å²) in [5.41, 5.74) is 27.8. The Morgan fingerprint density at radius 2 is 1.35 bits per heavy atom. The van der Waals surface area contributed by atoms with Gasteiger partial charge in [0.15, 0.2) is 0 Å². The number of aromatic nitrogens is 1. The molecule has 1 aromatic heterocycles. The summed E-state index contributed by atoms with van der Waals surface area (Å²) in [7, 11) is 0. The first-order chi connectivity index (χ1) is 34.2. The van der Waals surface area contributed by atoms with E-state index in [4.69, 9.17) is 0 Å². The van der Waals surface area contributed by atoms with E-state index in [1.807, 2.05) is 13.8 Å². The molecule has 7 aromatic rings. The molecular weight excluding hydrogens is 855 g/mol. The monoisotopic (exact) mass is 932 g/mol. The molecule has 362 valence electrons. The molecule has 71 heavy (non-hydrogen) atoms. The van der Waals surface area contributed by atoms with Gasteiger partial charge in [-0.1, -0.05) is 201 Å². The lowest BCUT2D eigenvalue weighted by molar-refractivity contribution is 0.542. The standard InChI is InChI=1S/C51H51N.C17H20.C2H6/c1-7-35-15-9-10-16-38(28-35)41-26-27-46-50(34(41)4)44-25-23-39(31-47(44)51(46,5)6)52-48-19-13-12-18-42(48)43-24-22-37(30-49(43)52)36-21-20-33(3)45(29-36)40-17-11-8-14-32(40)2;1-13-9-11-14(12-10-13)15-7-5-6-8-16(15)17(2,3)4;1-2/h8-10,12,14-16,18,20-27,29-31,35,38H,7,11,13,17,19,28H2,1-6H3;5-12H,1-4H3;1-2H3. The quantitative estimate of drug-likeness (QED) is 0.157. The number of hydrogen-bond donors (Lipinski definition) is 0. The van der Waals surface area contributed by atoms with Crippen LogP contribution in [0.5, 0.6) is 0 Å². The number of aryl methyl sites for hydroxylation is 2. The summed E-state index contributed by atoms with van der Waals surface area (Å²) in [6.07, 6.45) is 25.4. The van der Waals surface area contributed by atoms with Crippen LogP contribution in [0.25, 0.3) is 61.6 Å². The number of rotatable bonds is 6. The Balaban J connectivity index is 0.000000277. The smallest absolute Gasteiger partial charge is 0.0543 e. The highest BCUT2D eigenvalue weighted by Gasteiger charge is 2.38. The molecule has 0 amide bonds. The lowest BCUT2D eigenvalue weighted by atomic mass is 9.79. The molecule has 1 heteroatoms. The van der Waals surface area contributed by atoms with E-state index < -0.39 is 0 Å². The summed E-state index contributed by atoms with van der Waals surface area (Å²) < 4.78 is 2.59. The minimum Gasteiger partial charge on any atom is -0.313 e. The minimum atomic E-state index is -0.0791. The molecule has 11 rings (SSSR count). The lowest BCUT2D eigenvalue weighted by Crippen LogP contribution is -2.16. The summed E-state index contributed by atoms with van der Waals surface area (Å²) in [5.74, 6) is 1.07. The van der Waals surface area contributed by atoms with Crippen molar-refractivity contribution in [3.8, 4) is 39.1 Å². The highest BCUT2D eigenvalue weighted by molar-refractivity contribution is 5.96. The van der Waals surface area contributed by atoms with Crippen LogP contribution >= 0.6 is 0 Å². The predicted molar refractivity (Wildman–Crippen MR) is 310 cm³/mol. The van der Waals surface area contributed by atoms with Gasteiger partial charge in [0.25, 0.3) is 0 Å². The fourth-order valence-corrected chi connectivity index (χ4v) is 12.1. The highest BCUT2D eigenvalue weighted by Crippen LogP contribution is 2.53. The topological polar surface area (TPSA) is 4.93 Å². The third-order valence-corrected chi connectivity index (χ3v) is 16.0. The van der Waals surface area contributed by atoms with Gasteiger partial charge in [0.2, 0.25) is 0 Å². The third-order valence-electron chi connectivity index (χ3n) is 16.0. The van der Waals surface area contributed by atoms with Crippen molar-refractivity contribution in [2.45, 2.75) is 138 Å². The van der Waals surface area contributed by atoms with E-state index >= 15 is 0 Å². The molecule has 1 nitrogen and oxygen atoms in total. The highest BCUT2D eigenvalue weighted by atomic mass is 15.0. The van der Waals surface area contributed by atoms with Crippen molar-refractivity contribution in [1.29, 1.82) is 0 Å². The SMILES string of the molecule is CC.CCC1C=CC=CC(c2ccc3c(c2C)-c2ccc(-n4c5c(c6ccc(-c7ccc(C)c(C8=C(C)C=CCC8)c7)cc64)C=CCC5)cc2C3(C)C)C1.Cc1ccc(-c2ccccc2C(C)(C)C)cc1. The number of nitrogens with zero attached hydrogens (tertiary/aromatic N) is 1. The van der Waals surface area contributed by atoms with Gasteiger partial charge >= 0.3 is 0 Å². The number of benzene rings is 6. The first-order valence-corrected chi connectivity index (χ1v) is 26.8. The molecule has 6 aromatic carbocycles. The Morgan fingerprint density at radius 3 is 2.11 bits per heavy atom. The molecule has 2 atom stereocenters. The van der Waals surface area contributed by atoms with Crippen molar-refractivity contribution in [2.24, 2.45) is 5.92 Å². The van der Waals surface area contributed by atoms with Crippen LogP contribution in [0.4, 0.5) is 0 Å². The van der Waals surface area contributed by atoms with Crippen molar-refractivity contribution >= 4 is 22.6 Å². The van der Waals surface area contributed by atoms with Gasteiger partial charge in [0.1, 0.15) is 0 Å². The van der Waals surface area contributed by atoms with Crippen LogP contribution in [0.1, 0.15) is 156 Å². The molecule has 4 aliphatic rings. The van der Waals surface area contributed by atoms with E-state index in [-0.39, 0.29) is 10.8 Å². The Bertz CT molecular complexity index is 3270. The molecule has 0 spiro atoms. The summed E-state index contributed by atoms with van der Waals surface area (Å²) in [4.78, 5) is 0. The molecule has 2 unspecified atom stereocenters. The molecule has 0 fully saturated rings. The van der Waals surface area contributed by atoms with Crippen LogP contribution in [-0.2, 0) is 17.3 Å². The van der Waals surface area contributed by atoms with Gasteiger partial charge < -0.3 is 4.57 Å². The maximum atomic E-state index is 2.59. The second-order valence-electron chi connectivity index (χ2n) is 22.0. The number of fused-ring (bicyclic) bond motifs is 6. The van der Waals surface area contributed by atoms with Crippen LogP contribution in [0.15, 0.2) is 163 Å². The maximum absolute atomic E-state index is 2.59. The summed E-state index contributed by atoms with van der Waals surface area (Å²) in [5, 5.41) is 1.35. The van der Waals surface area contributed by atoms with Crippen LogP contribution in [-0.4, -0.2) is 4.57 Å². The Morgan fingerprint density at radius 1 is 0.648 bits per heavy atom. The predicted octanol–water partition coefficient (Wildman–Crippen LogP) is 19.9. The number of hydrogen-bond acceptors (Lipinski definition) is 0. The maximum Gasteiger partial charge on any atom is 0.0543 e. The van der Waals surface area contributed by atoms with E-state index in [0.717, 1.165) is 25.7 Å². The first kappa shape index (κ1) is 49.5. The van der Waals surface area contributed by atoms with Gasteiger partial charge in [-0.05, 0) is 185 Å². The average Bonchev–Trinajstić information content (AvgIpc) is 3.68. The fraction of sp³-hybridized carbons (Fsp3) is 0.314. The second kappa shape index (κ2) is 20.4. The van der Waals surface area contributed by atoms with Crippen LogP contribution in [0, 0.1) is 26.7 Å². The van der Waals surface area contributed by atoms with Crippen LogP contribution in [0.2, 0.25) is 0 Å². The Kier molecular flexibility index (Phi) is 14.2. The lowest BCUT2D eigenvalue weighted by Gasteiger charge is -2.24. The van der Waals surface area contributed by atoms with Crippen molar-refractivity contribution < 1.29 is 0 Å². The summed E-state index contributed by atoms with van der Waals surface area (Å²) >= 11 is 0. The van der Waals surface area contributed by atoms with E-state index in [1.54, 1.807) is 0 Å². The van der Waals surface area contributed by atoms with E-state index in [1.165, 1.54) is 130 Å². The zero-order valence-electron chi connectivity index (χ0n) is 44.9. The van der Waals surface area contributed by atoms with Crippen molar-refractivity contribution in [3.63, 3.8) is 0 Å². The number of allylic oxidation sites excluding steroid dienone is 9. The van der Waals surface area contributed by atoms with Gasteiger partial charge in [-0.3, -0.25) is 0 Å². The minimum absolute atomic E-state index is 0.0791. The zero-order valence-corrected chi connectivity index (χ0v) is 44.9. The molecule has 1 heterocycles. The normalized spacial score (nSPS) is 17.5. The van der Waals surface area contributed by atoms with Crippen molar-refractivity contribution in [1.82, 2.24) is 4.57 Å².